The van der Waals surface area contributed by atoms with Crippen LogP contribution in [0.4, 0.5) is 5.95 Å². The summed E-state index contributed by atoms with van der Waals surface area (Å²) < 4.78 is 5.47. The van der Waals surface area contributed by atoms with Gasteiger partial charge in [0.1, 0.15) is 11.5 Å². The molecule has 0 atom stereocenters. The summed E-state index contributed by atoms with van der Waals surface area (Å²) in [4.78, 5) is 25.1. The zero-order chi connectivity index (χ0) is 17.3. The lowest BCUT2D eigenvalue weighted by Crippen LogP contribution is -2.46. The van der Waals surface area contributed by atoms with E-state index in [2.05, 4.69) is 14.9 Å². The topological polar surface area (TPSA) is 62.5 Å². The zero-order valence-electron chi connectivity index (χ0n) is 14.1. The van der Waals surface area contributed by atoms with Crippen LogP contribution in [0.3, 0.4) is 0 Å². The fourth-order valence-corrected chi connectivity index (χ4v) is 3.22. The van der Waals surface area contributed by atoms with E-state index < -0.39 is 0 Å². The van der Waals surface area contributed by atoms with E-state index in [1.165, 1.54) is 0 Å². The minimum atomic E-state index is 0.0493. The van der Waals surface area contributed by atoms with Crippen LogP contribution in [-0.4, -0.2) is 47.0 Å². The van der Waals surface area contributed by atoms with Crippen molar-refractivity contribution in [1.82, 2.24) is 14.9 Å². The lowest BCUT2D eigenvalue weighted by molar-refractivity contribution is 0.0711. The Morgan fingerprint density at radius 3 is 2.46 bits per heavy atom. The molecule has 6 nitrogen and oxygen atoms in total. The smallest absolute Gasteiger partial charge is 0.257 e. The maximum Gasteiger partial charge on any atom is 0.257 e. The van der Waals surface area contributed by atoms with Gasteiger partial charge in [0.25, 0.3) is 5.91 Å². The van der Waals surface area contributed by atoms with Gasteiger partial charge in [0, 0.05) is 26.2 Å². The average molecular weight is 349 g/mol. The third-order valence-electron chi connectivity index (χ3n) is 4.49. The van der Waals surface area contributed by atoms with Crippen molar-refractivity contribution in [3.05, 3.63) is 40.6 Å². The van der Waals surface area contributed by atoms with Crippen LogP contribution in [0.5, 0.6) is 0 Å². The minimum absolute atomic E-state index is 0.0493. The van der Waals surface area contributed by atoms with Crippen LogP contribution in [0.25, 0.3) is 0 Å². The lowest BCUT2D eigenvalue weighted by atomic mass is 10.0. The minimum Gasteiger partial charge on any atom is -0.466 e. The molecule has 1 aliphatic rings. The first-order valence-electron chi connectivity index (χ1n) is 8.02. The molecular weight excluding hydrogens is 328 g/mol. The number of furan rings is 1. The monoisotopic (exact) mass is 348 g/mol. The van der Waals surface area contributed by atoms with Crippen molar-refractivity contribution in [1.29, 1.82) is 0 Å². The van der Waals surface area contributed by atoms with Gasteiger partial charge >= 0.3 is 0 Å². The number of rotatable bonds is 3. The summed E-state index contributed by atoms with van der Waals surface area (Å²) in [6.45, 7) is 5.12. The number of halogens is 1. The van der Waals surface area contributed by atoms with Gasteiger partial charge in [-0.15, -0.1) is 0 Å². The molecule has 1 saturated heterocycles. The molecule has 1 aliphatic heterocycles. The van der Waals surface area contributed by atoms with Gasteiger partial charge in [-0.2, -0.15) is 0 Å². The Hall–Kier alpha value is -2.08. The molecule has 0 bridgehead atoms. The molecule has 7 heteroatoms. The Balaban J connectivity index is 1.62. The van der Waals surface area contributed by atoms with E-state index in [0.29, 0.717) is 41.4 Å². The molecule has 0 radical (unpaired) electrons. The highest BCUT2D eigenvalue weighted by Crippen LogP contribution is 2.22. The third-order valence-corrected chi connectivity index (χ3v) is 4.69. The van der Waals surface area contributed by atoms with Crippen molar-refractivity contribution in [3.8, 4) is 0 Å². The molecular formula is C17H21ClN4O2. The quantitative estimate of drug-likeness (QED) is 0.853. The molecule has 1 amide bonds. The van der Waals surface area contributed by atoms with Crippen molar-refractivity contribution in [3.63, 3.8) is 0 Å². The number of hydrogen-bond donors (Lipinski definition) is 0. The number of hydrogen-bond acceptors (Lipinski definition) is 5. The lowest BCUT2D eigenvalue weighted by Gasteiger charge is -2.36. The Bertz CT molecular complexity index is 721. The van der Waals surface area contributed by atoms with Crippen molar-refractivity contribution in [2.45, 2.75) is 32.7 Å². The van der Waals surface area contributed by atoms with E-state index >= 15 is 0 Å². The van der Waals surface area contributed by atoms with Crippen molar-refractivity contribution in [2.24, 2.45) is 0 Å². The van der Waals surface area contributed by atoms with E-state index in [4.69, 9.17) is 16.0 Å². The van der Waals surface area contributed by atoms with Crippen LogP contribution >= 0.6 is 11.6 Å². The molecule has 0 aliphatic carbocycles. The van der Waals surface area contributed by atoms with Crippen molar-refractivity contribution >= 4 is 23.5 Å². The molecule has 0 spiro atoms. The van der Waals surface area contributed by atoms with Gasteiger partial charge in [-0.05, 0) is 32.8 Å². The van der Waals surface area contributed by atoms with E-state index in [1.807, 2.05) is 31.9 Å². The van der Waals surface area contributed by atoms with Gasteiger partial charge in [0.2, 0.25) is 5.95 Å². The Labute approximate surface area is 146 Å². The highest BCUT2D eigenvalue weighted by Gasteiger charge is 2.28. The number of nitrogens with zero attached hydrogens (tertiary/aromatic N) is 4. The van der Waals surface area contributed by atoms with Crippen LogP contribution in [0, 0.1) is 13.8 Å². The second-order valence-corrected chi connectivity index (χ2v) is 6.60. The number of anilines is 1. The van der Waals surface area contributed by atoms with Gasteiger partial charge < -0.3 is 14.2 Å². The number of piperidine rings is 1. The van der Waals surface area contributed by atoms with Crippen molar-refractivity contribution in [2.75, 3.05) is 25.0 Å². The summed E-state index contributed by atoms with van der Waals surface area (Å²) in [7, 11) is 1.98. The fraction of sp³-hybridized carbons (Fsp3) is 0.471. The molecule has 1 fully saturated rings. The maximum absolute atomic E-state index is 12.6. The highest BCUT2D eigenvalue weighted by atomic mass is 35.5. The molecule has 3 heterocycles. The van der Waals surface area contributed by atoms with Crippen LogP contribution < -0.4 is 4.90 Å². The molecule has 0 unspecified atom stereocenters. The predicted molar refractivity (Wildman–Crippen MR) is 92.6 cm³/mol. The maximum atomic E-state index is 12.6. The first-order valence-corrected chi connectivity index (χ1v) is 8.40. The van der Waals surface area contributed by atoms with Gasteiger partial charge in [-0.1, -0.05) is 11.6 Å². The van der Waals surface area contributed by atoms with Crippen LogP contribution in [0.15, 0.2) is 22.9 Å². The van der Waals surface area contributed by atoms with E-state index in [-0.39, 0.29) is 5.91 Å². The van der Waals surface area contributed by atoms with E-state index in [0.717, 1.165) is 18.6 Å². The number of likely N-dealkylation sites (tertiary alicyclic amines) is 1. The summed E-state index contributed by atoms with van der Waals surface area (Å²) in [6.07, 6.45) is 4.96. The fourth-order valence-electron chi connectivity index (χ4n) is 3.12. The molecule has 2 aromatic heterocycles. The molecule has 0 aromatic carbocycles. The van der Waals surface area contributed by atoms with Gasteiger partial charge in [-0.3, -0.25) is 4.79 Å². The Morgan fingerprint density at radius 2 is 1.92 bits per heavy atom. The van der Waals surface area contributed by atoms with Gasteiger partial charge in [0.05, 0.1) is 23.0 Å². The Kier molecular flexibility index (Phi) is 4.76. The Morgan fingerprint density at radius 1 is 1.29 bits per heavy atom. The van der Waals surface area contributed by atoms with Crippen molar-refractivity contribution < 1.29 is 9.21 Å². The van der Waals surface area contributed by atoms with Crippen LogP contribution in [-0.2, 0) is 0 Å². The van der Waals surface area contributed by atoms with Gasteiger partial charge in [0.15, 0.2) is 0 Å². The second-order valence-electron chi connectivity index (χ2n) is 6.16. The highest BCUT2D eigenvalue weighted by molar-refractivity contribution is 6.30. The van der Waals surface area contributed by atoms with Crippen LogP contribution in [0.2, 0.25) is 5.02 Å². The second kappa shape index (κ2) is 6.81. The summed E-state index contributed by atoms with van der Waals surface area (Å²) >= 11 is 5.83. The molecule has 3 rings (SSSR count). The molecule has 2 aromatic rings. The average Bonchev–Trinajstić information content (AvgIpc) is 2.93. The standard InChI is InChI=1S/C17H21ClN4O2/c1-11-8-15(12(2)24-11)16(23)22-6-4-14(5-7-22)21(3)17-19-9-13(18)10-20-17/h8-10,14H,4-7H2,1-3H3. The SMILES string of the molecule is Cc1cc(C(=O)N2CCC(N(C)c3ncc(Cl)cn3)CC2)c(C)o1. The molecule has 24 heavy (non-hydrogen) atoms. The normalized spacial score (nSPS) is 15.6. The number of aromatic nitrogens is 2. The van der Waals surface area contributed by atoms with E-state index in [9.17, 15) is 4.79 Å². The largest absolute Gasteiger partial charge is 0.466 e. The first-order chi connectivity index (χ1) is 11.5. The summed E-state index contributed by atoms with van der Waals surface area (Å²) in [5.41, 5.74) is 0.667. The van der Waals surface area contributed by atoms with E-state index in [1.54, 1.807) is 12.4 Å². The van der Waals surface area contributed by atoms with Gasteiger partial charge in [-0.25, -0.2) is 9.97 Å². The number of carbonyl (C=O) groups excluding carboxylic acids is 1. The number of amides is 1. The third kappa shape index (κ3) is 3.38. The van der Waals surface area contributed by atoms with Crippen LogP contribution in [0.1, 0.15) is 34.7 Å². The molecule has 0 saturated carbocycles. The summed E-state index contributed by atoms with van der Waals surface area (Å²) in [5.74, 6) is 2.16. The first kappa shape index (κ1) is 16.8. The predicted octanol–water partition coefficient (Wildman–Crippen LogP) is 3.08. The summed E-state index contributed by atoms with van der Waals surface area (Å²) in [6, 6.07) is 2.12. The summed E-state index contributed by atoms with van der Waals surface area (Å²) in [5, 5.41) is 0.526. The number of aryl methyl sites for hydroxylation is 2. The molecule has 128 valence electrons. The zero-order valence-corrected chi connectivity index (χ0v) is 14.9. The number of carbonyl (C=O) groups is 1. The molecule has 0 N–H and O–H groups in total.